The summed E-state index contributed by atoms with van der Waals surface area (Å²) in [5, 5.41) is 9.24. The van der Waals surface area contributed by atoms with E-state index in [4.69, 9.17) is 0 Å². The number of likely N-dealkylation sites (tertiary alicyclic amines) is 1. The van der Waals surface area contributed by atoms with Crippen LogP contribution in [0.15, 0.2) is 18.3 Å². The maximum atomic E-state index is 9.24. The minimum atomic E-state index is -0.185. The van der Waals surface area contributed by atoms with E-state index >= 15 is 0 Å². The van der Waals surface area contributed by atoms with E-state index in [1.54, 1.807) is 0 Å². The number of pyridine rings is 1. The minimum absolute atomic E-state index is 0.185. The Morgan fingerprint density at radius 2 is 2.26 bits per heavy atom. The molecular formula is C15H22N4. The number of piperidine rings is 1. The van der Waals surface area contributed by atoms with Crippen molar-refractivity contribution >= 4 is 5.82 Å². The van der Waals surface area contributed by atoms with Crippen LogP contribution >= 0.6 is 0 Å². The summed E-state index contributed by atoms with van der Waals surface area (Å²) in [7, 11) is 3.98. The predicted molar refractivity (Wildman–Crippen MR) is 76.8 cm³/mol. The van der Waals surface area contributed by atoms with E-state index in [1.165, 1.54) is 5.56 Å². The Morgan fingerprint density at radius 1 is 1.47 bits per heavy atom. The molecule has 1 saturated heterocycles. The maximum Gasteiger partial charge on any atom is 0.127 e. The maximum absolute atomic E-state index is 9.24. The van der Waals surface area contributed by atoms with Gasteiger partial charge in [-0.2, -0.15) is 5.26 Å². The summed E-state index contributed by atoms with van der Waals surface area (Å²) in [6, 6.07) is 6.63. The zero-order valence-electron chi connectivity index (χ0n) is 12.1. The Morgan fingerprint density at radius 3 is 2.84 bits per heavy atom. The largest absolute Gasteiger partial charge is 0.363 e. The summed E-state index contributed by atoms with van der Waals surface area (Å²) in [4.78, 5) is 8.79. The molecule has 1 unspecified atom stereocenters. The Hall–Kier alpha value is -1.60. The molecule has 102 valence electrons. The lowest BCUT2D eigenvalue weighted by Crippen LogP contribution is -2.40. The van der Waals surface area contributed by atoms with Crippen LogP contribution < -0.4 is 4.90 Å². The highest BCUT2D eigenvalue weighted by atomic mass is 15.1. The van der Waals surface area contributed by atoms with E-state index in [2.05, 4.69) is 28.9 Å². The van der Waals surface area contributed by atoms with Gasteiger partial charge >= 0.3 is 0 Å². The van der Waals surface area contributed by atoms with Crippen molar-refractivity contribution in [1.82, 2.24) is 9.88 Å². The molecule has 1 aromatic rings. The third-order valence-electron chi connectivity index (χ3n) is 3.72. The van der Waals surface area contributed by atoms with Gasteiger partial charge in [-0.25, -0.2) is 4.98 Å². The van der Waals surface area contributed by atoms with E-state index in [-0.39, 0.29) is 5.41 Å². The average Bonchev–Trinajstić information content (AvgIpc) is 2.39. The van der Waals surface area contributed by atoms with Crippen LogP contribution in [0.4, 0.5) is 5.82 Å². The Labute approximate surface area is 115 Å². The van der Waals surface area contributed by atoms with Gasteiger partial charge in [0, 0.05) is 33.4 Å². The summed E-state index contributed by atoms with van der Waals surface area (Å²) in [6.07, 6.45) is 4.05. The van der Waals surface area contributed by atoms with Gasteiger partial charge in [-0.05, 0) is 37.9 Å². The highest BCUT2D eigenvalue weighted by Gasteiger charge is 2.30. The predicted octanol–water partition coefficient (Wildman–Crippen LogP) is 2.27. The van der Waals surface area contributed by atoms with Crippen LogP contribution in [-0.2, 0) is 6.54 Å². The molecule has 0 saturated carbocycles. The molecule has 1 atom stereocenters. The van der Waals surface area contributed by atoms with Gasteiger partial charge in [-0.15, -0.1) is 0 Å². The molecule has 19 heavy (non-hydrogen) atoms. The fourth-order valence-corrected chi connectivity index (χ4v) is 2.60. The van der Waals surface area contributed by atoms with Crippen LogP contribution in [0, 0.1) is 16.7 Å². The van der Waals surface area contributed by atoms with Gasteiger partial charge in [0.2, 0.25) is 0 Å². The van der Waals surface area contributed by atoms with Gasteiger partial charge in [-0.3, -0.25) is 4.90 Å². The van der Waals surface area contributed by atoms with E-state index in [0.717, 1.165) is 38.3 Å². The number of anilines is 1. The van der Waals surface area contributed by atoms with E-state index in [9.17, 15) is 5.26 Å². The smallest absolute Gasteiger partial charge is 0.127 e. The number of hydrogen-bond donors (Lipinski definition) is 0. The van der Waals surface area contributed by atoms with Gasteiger partial charge in [0.25, 0.3) is 0 Å². The lowest BCUT2D eigenvalue weighted by atomic mass is 9.83. The van der Waals surface area contributed by atoms with E-state index in [1.807, 2.05) is 31.3 Å². The molecule has 2 rings (SSSR count). The van der Waals surface area contributed by atoms with Crippen molar-refractivity contribution in [2.24, 2.45) is 5.41 Å². The van der Waals surface area contributed by atoms with Crippen LogP contribution in [0.5, 0.6) is 0 Å². The fraction of sp³-hybridized carbons (Fsp3) is 0.600. The second-order valence-corrected chi connectivity index (χ2v) is 5.91. The summed E-state index contributed by atoms with van der Waals surface area (Å²) in [5.74, 6) is 0.976. The third-order valence-corrected chi connectivity index (χ3v) is 3.72. The van der Waals surface area contributed by atoms with Gasteiger partial charge in [-0.1, -0.05) is 6.07 Å². The first-order valence-corrected chi connectivity index (χ1v) is 6.78. The highest BCUT2D eigenvalue weighted by Crippen LogP contribution is 2.29. The standard InChI is InChI=1S/C15H22N4/c1-15(11-16)7-4-8-19(12-15)10-13-5-6-14(17-9-13)18(2)3/h5-6,9H,4,7-8,10,12H2,1-3H3. The normalized spacial score (nSPS) is 23.9. The van der Waals surface area contributed by atoms with Crippen molar-refractivity contribution in [2.45, 2.75) is 26.3 Å². The van der Waals surface area contributed by atoms with Gasteiger partial charge in [0.15, 0.2) is 0 Å². The molecule has 0 radical (unpaired) electrons. The molecule has 1 aliphatic rings. The Balaban J connectivity index is 1.99. The van der Waals surface area contributed by atoms with Crippen molar-refractivity contribution in [1.29, 1.82) is 5.26 Å². The highest BCUT2D eigenvalue weighted by molar-refractivity contribution is 5.37. The Kier molecular flexibility index (Phi) is 4.06. The molecule has 1 fully saturated rings. The molecule has 1 aliphatic heterocycles. The molecule has 0 N–H and O–H groups in total. The zero-order valence-corrected chi connectivity index (χ0v) is 12.1. The van der Waals surface area contributed by atoms with Gasteiger partial charge in [0.05, 0.1) is 11.5 Å². The molecule has 0 spiro atoms. The van der Waals surface area contributed by atoms with Crippen LogP contribution in [0.1, 0.15) is 25.3 Å². The molecule has 0 bridgehead atoms. The number of hydrogen-bond acceptors (Lipinski definition) is 4. The van der Waals surface area contributed by atoms with E-state index < -0.39 is 0 Å². The molecule has 4 heteroatoms. The number of nitrogens with zero attached hydrogens (tertiary/aromatic N) is 4. The summed E-state index contributed by atoms with van der Waals surface area (Å²) in [6.45, 7) is 4.89. The average molecular weight is 258 g/mol. The van der Waals surface area contributed by atoms with Crippen LogP contribution in [-0.4, -0.2) is 37.1 Å². The summed E-state index contributed by atoms with van der Waals surface area (Å²) < 4.78 is 0. The summed E-state index contributed by atoms with van der Waals surface area (Å²) >= 11 is 0. The third kappa shape index (κ3) is 3.45. The van der Waals surface area contributed by atoms with Gasteiger partial charge in [0.1, 0.15) is 5.82 Å². The van der Waals surface area contributed by atoms with Crippen molar-refractivity contribution in [2.75, 3.05) is 32.1 Å². The van der Waals surface area contributed by atoms with Crippen molar-refractivity contribution < 1.29 is 0 Å². The van der Waals surface area contributed by atoms with E-state index in [0.29, 0.717) is 0 Å². The SMILES string of the molecule is CN(C)c1ccc(CN2CCCC(C)(C#N)C2)cn1. The molecule has 2 heterocycles. The second-order valence-electron chi connectivity index (χ2n) is 5.91. The molecule has 0 aromatic carbocycles. The van der Waals surface area contributed by atoms with Crippen molar-refractivity contribution in [3.63, 3.8) is 0 Å². The van der Waals surface area contributed by atoms with Crippen LogP contribution in [0.2, 0.25) is 0 Å². The number of nitriles is 1. The van der Waals surface area contributed by atoms with Gasteiger partial charge < -0.3 is 4.90 Å². The first-order chi connectivity index (χ1) is 9.02. The number of aromatic nitrogens is 1. The van der Waals surface area contributed by atoms with Crippen LogP contribution in [0.3, 0.4) is 0 Å². The second kappa shape index (κ2) is 5.58. The first kappa shape index (κ1) is 13.8. The van der Waals surface area contributed by atoms with Crippen molar-refractivity contribution in [3.8, 4) is 6.07 Å². The van der Waals surface area contributed by atoms with Crippen LogP contribution in [0.25, 0.3) is 0 Å². The molecule has 0 aliphatic carbocycles. The van der Waals surface area contributed by atoms with Crippen molar-refractivity contribution in [3.05, 3.63) is 23.9 Å². The first-order valence-electron chi connectivity index (χ1n) is 6.78. The lowest BCUT2D eigenvalue weighted by Gasteiger charge is -2.35. The zero-order chi connectivity index (χ0) is 13.9. The quantitative estimate of drug-likeness (QED) is 0.834. The molecule has 4 nitrogen and oxygen atoms in total. The summed E-state index contributed by atoms with van der Waals surface area (Å²) in [5.41, 5.74) is 1.03. The molecule has 0 amide bonds. The molecule has 1 aromatic heterocycles. The molecular weight excluding hydrogens is 236 g/mol. The topological polar surface area (TPSA) is 43.2 Å². The minimum Gasteiger partial charge on any atom is -0.363 e. The monoisotopic (exact) mass is 258 g/mol. The Bertz CT molecular complexity index is 460. The lowest BCUT2D eigenvalue weighted by molar-refractivity contribution is 0.136. The fourth-order valence-electron chi connectivity index (χ4n) is 2.60. The number of rotatable bonds is 3.